The van der Waals surface area contributed by atoms with Gasteiger partial charge in [0.25, 0.3) is 0 Å². The van der Waals surface area contributed by atoms with E-state index in [1.807, 2.05) is 0 Å². The van der Waals surface area contributed by atoms with Crippen molar-refractivity contribution in [2.45, 2.75) is 12.2 Å². The van der Waals surface area contributed by atoms with E-state index in [2.05, 4.69) is 0 Å². The molecule has 1 aliphatic heterocycles. The maximum absolute atomic E-state index is 5.53. The van der Waals surface area contributed by atoms with Crippen LogP contribution >= 0.6 is 23.2 Å². The number of ether oxygens (including phenoxy) is 2. The SMILES string of the molecule is ClC[C@@H]1CO[C@@H](CCl)CO1. The van der Waals surface area contributed by atoms with Crippen LogP contribution in [0.5, 0.6) is 0 Å². The van der Waals surface area contributed by atoms with Crippen LogP contribution in [-0.4, -0.2) is 37.2 Å². The Labute approximate surface area is 70.4 Å². The third-order valence-corrected chi connectivity index (χ3v) is 2.07. The topological polar surface area (TPSA) is 18.5 Å². The lowest BCUT2D eigenvalue weighted by Gasteiger charge is -2.26. The highest BCUT2D eigenvalue weighted by Gasteiger charge is 2.20. The van der Waals surface area contributed by atoms with Gasteiger partial charge in [0.2, 0.25) is 0 Å². The molecule has 1 heterocycles. The maximum atomic E-state index is 5.53. The second kappa shape index (κ2) is 4.39. The van der Waals surface area contributed by atoms with Crippen LogP contribution < -0.4 is 0 Å². The van der Waals surface area contributed by atoms with Gasteiger partial charge in [-0.3, -0.25) is 0 Å². The molecule has 0 bridgehead atoms. The lowest BCUT2D eigenvalue weighted by molar-refractivity contribution is -0.116. The summed E-state index contributed by atoms with van der Waals surface area (Å²) in [5.74, 6) is 0.990. The Morgan fingerprint density at radius 1 is 1.00 bits per heavy atom. The molecule has 0 spiro atoms. The fourth-order valence-corrected chi connectivity index (χ4v) is 1.12. The first kappa shape index (κ1) is 8.60. The molecule has 0 radical (unpaired) electrons. The zero-order valence-corrected chi connectivity index (χ0v) is 7.07. The summed E-state index contributed by atoms with van der Waals surface area (Å²) < 4.78 is 10.6. The van der Waals surface area contributed by atoms with E-state index in [-0.39, 0.29) is 12.2 Å². The van der Waals surface area contributed by atoms with Crippen molar-refractivity contribution < 1.29 is 9.47 Å². The van der Waals surface area contributed by atoms with Crippen LogP contribution in [0.3, 0.4) is 0 Å². The Bertz CT molecular complexity index is 79.7. The number of rotatable bonds is 2. The molecule has 0 N–H and O–H groups in total. The van der Waals surface area contributed by atoms with Gasteiger partial charge in [0, 0.05) is 0 Å². The van der Waals surface area contributed by atoms with Gasteiger partial charge in [-0.2, -0.15) is 0 Å². The van der Waals surface area contributed by atoms with E-state index in [0.717, 1.165) is 0 Å². The Morgan fingerprint density at radius 2 is 1.40 bits per heavy atom. The average molecular weight is 185 g/mol. The third kappa shape index (κ3) is 2.27. The van der Waals surface area contributed by atoms with Crippen LogP contribution in [0.15, 0.2) is 0 Å². The molecule has 0 unspecified atom stereocenters. The van der Waals surface area contributed by atoms with Crippen molar-refractivity contribution in [1.29, 1.82) is 0 Å². The van der Waals surface area contributed by atoms with Crippen LogP contribution in [0.25, 0.3) is 0 Å². The van der Waals surface area contributed by atoms with Gasteiger partial charge in [-0.25, -0.2) is 0 Å². The Morgan fingerprint density at radius 3 is 1.60 bits per heavy atom. The summed E-state index contributed by atoms with van der Waals surface area (Å²) in [7, 11) is 0. The Hall–Kier alpha value is 0.500. The van der Waals surface area contributed by atoms with E-state index >= 15 is 0 Å². The molecule has 2 atom stereocenters. The quantitative estimate of drug-likeness (QED) is 0.602. The minimum Gasteiger partial charge on any atom is -0.372 e. The molecule has 1 aliphatic rings. The van der Waals surface area contributed by atoms with Crippen LogP contribution in [-0.2, 0) is 9.47 Å². The van der Waals surface area contributed by atoms with Crippen molar-refractivity contribution in [2.75, 3.05) is 25.0 Å². The van der Waals surface area contributed by atoms with E-state index in [4.69, 9.17) is 32.7 Å². The van der Waals surface area contributed by atoms with E-state index in [1.165, 1.54) is 0 Å². The largest absolute Gasteiger partial charge is 0.372 e. The summed E-state index contributed by atoms with van der Waals surface area (Å²) in [6.07, 6.45) is 0.113. The molecule has 0 aromatic heterocycles. The highest BCUT2D eigenvalue weighted by atomic mass is 35.5. The first-order valence-corrected chi connectivity index (χ1v) is 4.29. The summed E-state index contributed by atoms with van der Waals surface area (Å²) in [4.78, 5) is 0. The molecule has 0 saturated carbocycles. The molecule has 4 heteroatoms. The number of hydrogen-bond donors (Lipinski definition) is 0. The molecule has 0 aromatic carbocycles. The van der Waals surface area contributed by atoms with Crippen molar-refractivity contribution in [3.63, 3.8) is 0 Å². The molecular formula is C6H10Cl2O2. The van der Waals surface area contributed by atoms with Crippen molar-refractivity contribution in [1.82, 2.24) is 0 Å². The molecule has 1 saturated heterocycles. The van der Waals surface area contributed by atoms with Crippen molar-refractivity contribution >= 4 is 23.2 Å². The Kier molecular flexibility index (Phi) is 3.78. The number of hydrogen-bond acceptors (Lipinski definition) is 2. The zero-order valence-electron chi connectivity index (χ0n) is 5.56. The minimum atomic E-state index is 0.0566. The van der Waals surface area contributed by atoms with E-state index in [9.17, 15) is 0 Å². The average Bonchev–Trinajstić information content (AvgIpc) is 2.05. The molecule has 10 heavy (non-hydrogen) atoms. The fourth-order valence-electron chi connectivity index (χ4n) is 0.761. The smallest absolute Gasteiger partial charge is 0.0944 e. The van der Waals surface area contributed by atoms with E-state index in [1.54, 1.807) is 0 Å². The number of halogens is 2. The molecule has 0 amide bonds. The molecule has 0 aromatic rings. The zero-order chi connectivity index (χ0) is 7.40. The minimum absolute atomic E-state index is 0.0566. The predicted molar refractivity (Wildman–Crippen MR) is 40.9 cm³/mol. The van der Waals surface area contributed by atoms with Gasteiger partial charge >= 0.3 is 0 Å². The number of alkyl halides is 2. The summed E-state index contributed by atoms with van der Waals surface area (Å²) in [5.41, 5.74) is 0. The second-order valence-corrected chi connectivity index (χ2v) is 2.84. The second-order valence-electron chi connectivity index (χ2n) is 2.22. The van der Waals surface area contributed by atoms with Gasteiger partial charge < -0.3 is 9.47 Å². The molecular weight excluding hydrogens is 175 g/mol. The lowest BCUT2D eigenvalue weighted by Crippen LogP contribution is -2.37. The summed E-state index contributed by atoms with van der Waals surface area (Å²) in [6, 6.07) is 0. The normalized spacial score (nSPS) is 34.2. The maximum Gasteiger partial charge on any atom is 0.0944 e. The summed E-state index contributed by atoms with van der Waals surface area (Å²) in [6.45, 7) is 1.14. The first-order valence-electron chi connectivity index (χ1n) is 3.22. The van der Waals surface area contributed by atoms with Crippen molar-refractivity contribution in [2.24, 2.45) is 0 Å². The van der Waals surface area contributed by atoms with Gasteiger partial charge in [0.1, 0.15) is 0 Å². The summed E-state index contributed by atoms with van der Waals surface area (Å²) >= 11 is 11.1. The monoisotopic (exact) mass is 184 g/mol. The van der Waals surface area contributed by atoms with Crippen LogP contribution in [0, 0.1) is 0 Å². The standard InChI is InChI=1S/C6H10Cl2O2/c7-1-5-3-10-6(2-8)4-9-5/h5-6H,1-4H2/t5-,6+. The molecule has 60 valence electrons. The van der Waals surface area contributed by atoms with Gasteiger partial charge in [0.05, 0.1) is 37.2 Å². The molecule has 0 aliphatic carbocycles. The summed E-state index contributed by atoms with van der Waals surface area (Å²) in [5, 5.41) is 0. The lowest BCUT2D eigenvalue weighted by atomic mass is 10.3. The van der Waals surface area contributed by atoms with Gasteiger partial charge in [0.15, 0.2) is 0 Å². The van der Waals surface area contributed by atoms with Crippen LogP contribution in [0.2, 0.25) is 0 Å². The van der Waals surface area contributed by atoms with Gasteiger partial charge in [-0.15, -0.1) is 23.2 Å². The van der Waals surface area contributed by atoms with Gasteiger partial charge in [-0.1, -0.05) is 0 Å². The molecule has 1 fully saturated rings. The van der Waals surface area contributed by atoms with E-state index in [0.29, 0.717) is 25.0 Å². The predicted octanol–water partition coefficient (Wildman–Crippen LogP) is 1.25. The van der Waals surface area contributed by atoms with Gasteiger partial charge in [-0.05, 0) is 0 Å². The molecule has 1 rings (SSSR count). The molecule has 2 nitrogen and oxygen atoms in total. The van der Waals surface area contributed by atoms with E-state index < -0.39 is 0 Å². The fraction of sp³-hybridized carbons (Fsp3) is 1.00. The van der Waals surface area contributed by atoms with Crippen molar-refractivity contribution in [3.8, 4) is 0 Å². The van der Waals surface area contributed by atoms with Crippen molar-refractivity contribution in [3.05, 3.63) is 0 Å². The first-order chi connectivity index (χ1) is 4.86. The Balaban J connectivity index is 2.17. The highest BCUT2D eigenvalue weighted by molar-refractivity contribution is 6.18. The van der Waals surface area contributed by atoms with Crippen LogP contribution in [0.1, 0.15) is 0 Å². The third-order valence-electron chi connectivity index (χ3n) is 1.38. The highest BCUT2D eigenvalue weighted by Crippen LogP contribution is 2.09. The van der Waals surface area contributed by atoms with Crippen LogP contribution in [0.4, 0.5) is 0 Å².